The summed E-state index contributed by atoms with van der Waals surface area (Å²) in [6.45, 7) is -0.376. The van der Waals surface area contributed by atoms with Gasteiger partial charge in [-0.2, -0.15) is 24.4 Å². The predicted molar refractivity (Wildman–Crippen MR) is 202 cm³/mol. The first kappa shape index (κ1) is 61.5. The summed E-state index contributed by atoms with van der Waals surface area (Å²) in [7, 11) is -14.0. The van der Waals surface area contributed by atoms with E-state index in [0.717, 1.165) is 18.2 Å². The van der Waals surface area contributed by atoms with Gasteiger partial charge in [-0.3, -0.25) is 14.3 Å². The number of nitrogens with zero attached hydrogens (tertiary/aromatic N) is 7. The molecule has 0 spiro atoms. The quantitative estimate of drug-likeness (QED) is 0.0124. The van der Waals surface area contributed by atoms with E-state index in [2.05, 4.69) is 64.8 Å². The van der Waals surface area contributed by atoms with Crippen LogP contribution in [-0.2, 0) is 53.0 Å². The maximum atomic E-state index is 12.7. The smallest absolute Gasteiger partial charge is 0.747 e. The summed E-state index contributed by atoms with van der Waals surface area (Å²) in [5, 5.41) is 59.0. The number of benzene rings is 4. The minimum atomic E-state index is -5.20. The molecule has 0 radical (unpaired) electrons. The molecule has 0 aliphatic carbocycles. The summed E-state index contributed by atoms with van der Waals surface area (Å²) in [6.07, 6.45) is 0. The Bertz CT molecular complexity index is 2780. The molecule has 0 amide bonds. The standard InChI is InChI=1S/C28H23Cl2N9O16S5.4Na/c29-26-33-27(30)35-28(34-26)32-15-3-8-22(60(48,49)50)20(11-15)37-39-24-21(56-54-52-41)12-18-17(25(24)40)6-7-19(31-13-59(45,46)47)23(18)38-36-14-1-4-16(5-2-14)58(43,44)10-9-51-57-55-53-42;;;;/h1-8,11-12,31,40-42H,9-10,13H2,(H,45,46,47)(H,48,49,50)(H,32,33,34,35);;;;/q;4*+1/p-4. The van der Waals surface area contributed by atoms with Crippen LogP contribution in [-0.4, -0.2) is 72.7 Å². The molecule has 0 saturated carbocycles. The maximum absolute atomic E-state index is 12.7. The van der Waals surface area contributed by atoms with Crippen LogP contribution in [0.5, 0.6) is 5.75 Å². The third-order valence-electron chi connectivity index (χ3n) is 7.12. The number of nitrogens with one attached hydrogen (secondary N) is 2. The van der Waals surface area contributed by atoms with E-state index in [1.165, 1.54) is 42.5 Å². The molecule has 64 heavy (non-hydrogen) atoms. The summed E-state index contributed by atoms with van der Waals surface area (Å²) >= 11 is 11.9. The molecule has 5 rings (SSSR count). The van der Waals surface area contributed by atoms with Gasteiger partial charge >= 0.3 is 118 Å². The van der Waals surface area contributed by atoms with Crippen LogP contribution in [0, 0.1) is 0 Å². The monoisotopic (exact) mass is 1060 g/mol. The van der Waals surface area contributed by atoms with Gasteiger partial charge in [0.05, 0.1) is 50.5 Å². The van der Waals surface area contributed by atoms with Crippen molar-refractivity contribution in [3.05, 3.63) is 71.2 Å². The summed E-state index contributed by atoms with van der Waals surface area (Å²) < 4.78 is 109. The first-order valence-corrected chi connectivity index (χ1v) is 22.2. The molecule has 36 heteroatoms. The Kier molecular flexibility index (Phi) is 27.2. The Balaban J connectivity index is 0.00000512. The first-order chi connectivity index (χ1) is 28.4. The zero-order chi connectivity index (χ0) is 43.7. The second kappa shape index (κ2) is 28.3. The molecule has 0 aliphatic heterocycles. The molecular weight excluding hydrogens is 1040 g/mol. The molecule has 4 aromatic carbocycles. The van der Waals surface area contributed by atoms with Crippen molar-refractivity contribution < 1.29 is 191 Å². The van der Waals surface area contributed by atoms with Gasteiger partial charge < -0.3 is 35.4 Å². The molecule has 5 aromatic rings. The van der Waals surface area contributed by atoms with E-state index in [9.17, 15) is 50.0 Å². The number of sulfone groups is 1. The number of aromatic nitrogens is 3. The molecule has 0 aliphatic rings. The SMILES string of the molecule is O=S(=O)([O-])CNc1ccc2c(O)c(N=Nc3cc(Nc4nc(Cl)nc(Cl)n4)ccc3S(=O)(=O)[O-])c(SOO[O-])cc2c1N=Nc1ccc(S(=O)(=O)CCOSOO[O-])cc1.[Na+].[Na+].[Na+].[Na+]. The number of hydrogen-bond acceptors (Lipinski definition) is 27. The largest absolute Gasteiger partial charge is 1.00 e. The number of hydrogen-bond donors (Lipinski definition) is 3. The number of rotatable bonds is 20. The molecule has 0 unspecified atom stereocenters. The molecular formula is C28H19Cl2N9Na4O16S5. The van der Waals surface area contributed by atoms with E-state index in [1.807, 2.05) is 0 Å². The average Bonchev–Trinajstić information content (AvgIpc) is 3.17. The van der Waals surface area contributed by atoms with Crippen LogP contribution in [0.2, 0.25) is 10.6 Å². The van der Waals surface area contributed by atoms with E-state index in [1.54, 1.807) is 0 Å². The third-order valence-corrected chi connectivity index (χ3v) is 11.5. The second-order valence-corrected chi connectivity index (χ2v) is 17.7. The summed E-state index contributed by atoms with van der Waals surface area (Å²) in [5.74, 6) is -2.56. The van der Waals surface area contributed by atoms with E-state index in [-0.39, 0.29) is 209 Å². The van der Waals surface area contributed by atoms with Crippen molar-refractivity contribution >= 4 is 128 Å². The summed E-state index contributed by atoms with van der Waals surface area (Å²) in [4.78, 5) is 9.96. The number of phenols is 1. The Morgan fingerprint density at radius 1 is 0.750 bits per heavy atom. The van der Waals surface area contributed by atoms with Crippen LogP contribution in [0.3, 0.4) is 0 Å². The minimum absolute atomic E-state index is 0. The third kappa shape index (κ3) is 18.1. The van der Waals surface area contributed by atoms with Crippen LogP contribution in [0.4, 0.5) is 40.1 Å². The van der Waals surface area contributed by atoms with E-state index >= 15 is 0 Å². The van der Waals surface area contributed by atoms with Gasteiger partial charge in [-0.1, -0.05) is 0 Å². The predicted octanol–water partition coefficient (Wildman–Crippen LogP) is -7.75. The second-order valence-electron chi connectivity index (χ2n) is 10.9. The molecule has 0 atom stereocenters. The fourth-order valence-corrected chi connectivity index (χ4v) is 7.86. The Hall–Kier alpha value is -0.480. The van der Waals surface area contributed by atoms with Gasteiger partial charge in [0.25, 0.3) is 0 Å². The van der Waals surface area contributed by atoms with E-state index < -0.39 is 63.7 Å². The van der Waals surface area contributed by atoms with Crippen LogP contribution < -0.4 is 139 Å². The summed E-state index contributed by atoms with van der Waals surface area (Å²) in [6, 6.07) is 11.6. The number of aromatic hydroxyl groups is 1. The van der Waals surface area contributed by atoms with Crippen LogP contribution in [0.25, 0.3) is 10.8 Å². The topological polar surface area (TPSA) is 373 Å². The van der Waals surface area contributed by atoms with Gasteiger partial charge in [-0.15, -0.1) is 19.7 Å². The van der Waals surface area contributed by atoms with Crippen molar-refractivity contribution in [1.82, 2.24) is 15.0 Å². The van der Waals surface area contributed by atoms with Crippen molar-refractivity contribution in [2.75, 3.05) is 28.9 Å². The van der Waals surface area contributed by atoms with Crippen LogP contribution in [0.15, 0.2) is 95.8 Å². The van der Waals surface area contributed by atoms with E-state index in [4.69, 9.17) is 27.4 Å². The van der Waals surface area contributed by atoms with Gasteiger partial charge in [-0.25, -0.2) is 25.3 Å². The van der Waals surface area contributed by atoms with Crippen molar-refractivity contribution in [2.45, 2.75) is 14.7 Å². The summed E-state index contributed by atoms with van der Waals surface area (Å²) in [5.41, 5.74) is -1.33. The van der Waals surface area contributed by atoms with Gasteiger partial charge in [-0.05, 0) is 83.9 Å². The molecule has 0 saturated heterocycles. The number of azo groups is 2. The van der Waals surface area contributed by atoms with Crippen molar-refractivity contribution in [3.8, 4) is 5.75 Å². The molecule has 0 fully saturated rings. The molecule has 1 heterocycles. The number of fused-ring (bicyclic) bond motifs is 1. The van der Waals surface area contributed by atoms with Crippen molar-refractivity contribution in [3.63, 3.8) is 0 Å². The Morgan fingerprint density at radius 2 is 1.39 bits per heavy atom. The number of phenolic OH excluding ortho intramolecular Hbond substituents is 1. The van der Waals surface area contributed by atoms with Crippen LogP contribution >= 0.6 is 47.6 Å². The van der Waals surface area contributed by atoms with Gasteiger partial charge in [0.15, 0.2) is 27.9 Å². The number of anilines is 3. The fourth-order valence-electron chi connectivity index (χ4n) is 4.69. The molecule has 25 nitrogen and oxygen atoms in total. The molecule has 1 aromatic heterocycles. The van der Waals surface area contributed by atoms with Gasteiger partial charge in [0, 0.05) is 16.5 Å². The zero-order valence-corrected chi connectivity index (χ0v) is 46.5. The molecule has 0 bridgehead atoms. The number of halogens is 2. The average molecular weight is 1060 g/mol. The van der Waals surface area contributed by atoms with Crippen LogP contribution in [0.1, 0.15) is 0 Å². The normalized spacial score (nSPS) is 11.7. The van der Waals surface area contributed by atoms with Gasteiger partial charge in [0.1, 0.15) is 43.2 Å². The Labute approximate surface area is 469 Å². The zero-order valence-electron chi connectivity index (χ0n) is 32.9. The Morgan fingerprint density at radius 3 is 2.00 bits per heavy atom. The molecule has 3 N–H and O–H groups in total. The first-order valence-electron chi connectivity index (χ1n) is 15.4. The van der Waals surface area contributed by atoms with Crippen molar-refractivity contribution in [1.29, 1.82) is 0 Å². The fraction of sp³-hybridized carbons (Fsp3) is 0.107. The minimum Gasteiger partial charge on any atom is -0.747 e. The van der Waals surface area contributed by atoms with Gasteiger partial charge in [0.2, 0.25) is 16.5 Å². The maximum Gasteiger partial charge on any atom is 1.00 e. The van der Waals surface area contributed by atoms with Crippen molar-refractivity contribution in [2.24, 2.45) is 20.5 Å². The van der Waals surface area contributed by atoms with E-state index in [0.29, 0.717) is 0 Å². The molecule has 320 valence electrons.